The highest BCUT2D eigenvalue weighted by molar-refractivity contribution is 5.66. The summed E-state index contributed by atoms with van der Waals surface area (Å²) in [6, 6.07) is 0. The highest BCUT2D eigenvalue weighted by Crippen LogP contribution is 2.55. The van der Waals surface area contributed by atoms with Crippen molar-refractivity contribution in [3.8, 4) is 0 Å². The molecule has 0 spiro atoms. The van der Waals surface area contributed by atoms with Crippen molar-refractivity contribution in [2.75, 3.05) is 0 Å². The van der Waals surface area contributed by atoms with Crippen LogP contribution in [0.25, 0.3) is 0 Å². The SMILES string of the molecule is C=C(C)[C@H]1C[C@H](OC(C)=O)[C@]2(C)C/C=C(/C)CC/C=C(/C)CC[C@@H]12. The molecule has 0 bridgehead atoms. The summed E-state index contributed by atoms with van der Waals surface area (Å²) in [5.74, 6) is 0.805. The second-order valence-electron chi connectivity index (χ2n) is 8.28. The van der Waals surface area contributed by atoms with Gasteiger partial charge in [0.2, 0.25) is 0 Å². The van der Waals surface area contributed by atoms with Crippen LogP contribution in [0.1, 0.15) is 73.1 Å². The lowest BCUT2D eigenvalue weighted by atomic mass is 9.70. The second-order valence-corrected chi connectivity index (χ2v) is 8.28. The molecule has 0 aromatic carbocycles. The summed E-state index contributed by atoms with van der Waals surface area (Å²) in [5, 5.41) is 0. The van der Waals surface area contributed by atoms with Crippen LogP contribution in [0, 0.1) is 17.3 Å². The first-order valence-corrected chi connectivity index (χ1v) is 9.38. The number of carbonyl (C=O) groups excluding carboxylic acids is 1. The van der Waals surface area contributed by atoms with Gasteiger partial charge in [-0.2, -0.15) is 0 Å². The van der Waals surface area contributed by atoms with E-state index < -0.39 is 0 Å². The third kappa shape index (κ3) is 4.20. The number of fused-ring (bicyclic) bond motifs is 1. The molecule has 134 valence electrons. The van der Waals surface area contributed by atoms with E-state index in [4.69, 9.17) is 4.74 Å². The molecule has 2 aliphatic carbocycles. The molecule has 0 unspecified atom stereocenters. The molecule has 0 saturated heterocycles. The third-order valence-electron chi connectivity index (χ3n) is 6.25. The average Bonchev–Trinajstić information content (AvgIpc) is 2.74. The van der Waals surface area contributed by atoms with Gasteiger partial charge in [0.25, 0.3) is 0 Å². The summed E-state index contributed by atoms with van der Waals surface area (Å²) in [7, 11) is 0. The van der Waals surface area contributed by atoms with Crippen molar-refractivity contribution in [2.45, 2.75) is 79.2 Å². The van der Waals surface area contributed by atoms with Gasteiger partial charge in [0.15, 0.2) is 0 Å². The summed E-state index contributed by atoms with van der Waals surface area (Å²) in [4.78, 5) is 11.7. The van der Waals surface area contributed by atoms with Crippen LogP contribution in [-0.4, -0.2) is 12.1 Å². The van der Waals surface area contributed by atoms with Gasteiger partial charge in [-0.05, 0) is 71.1 Å². The minimum atomic E-state index is -0.159. The summed E-state index contributed by atoms with van der Waals surface area (Å²) < 4.78 is 5.80. The Balaban J connectivity index is 2.40. The van der Waals surface area contributed by atoms with Crippen LogP contribution in [-0.2, 0) is 9.53 Å². The molecule has 0 aromatic heterocycles. The highest BCUT2D eigenvalue weighted by atomic mass is 16.5. The van der Waals surface area contributed by atoms with Crippen molar-refractivity contribution in [2.24, 2.45) is 17.3 Å². The summed E-state index contributed by atoms with van der Waals surface area (Å²) in [5.41, 5.74) is 4.17. The molecule has 4 atom stereocenters. The van der Waals surface area contributed by atoms with E-state index in [0.29, 0.717) is 11.8 Å². The number of esters is 1. The molecule has 1 saturated carbocycles. The molecule has 2 nitrogen and oxygen atoms in total. The van der Waals surface area contributed by atoms with Crippen LogP contribution in [0.4, 0.5) is 0 Å². The fourth-order valence-electron chi connectivity index (χ4n) is 4.63. The molecule has 2 rings (SSSR count). The van der Waals surface area contributed by atoms with Crippen molar-refractivity contribution in [3.05, 3.63) is 35.5 Å². The smallest absolute Gasteiger partial charge is 0.302 e. The Morgan fingerprint density at radius 1 is 1.21 bits per heavy atom. The van der Waals surface area contributed by atoms with E-state index in [0.717, 1.165) is 38.5 Å². The summed E-state index contributed by atoms with van der Waals surface area (Å²) >= 11 is 0. The first kappa shape index (κ1) is 19.0. The van der Waals surface area contributed by atoms with Crippen LogP contribution >= 0.6 is 0 Å². The molecule has 0 aliphatic heterocycles. The van der Waals surface area contributed by atoms with E-state index in [-0.39, 0.29) is 17.5 Å². The predicted molar refractivity (Wildman–Crippen MR) is 101 cm³/mol. The van der Waals surface area contributed by atoms with E-state index >= 15 is 0 Å². The molecule has 1 fully saturated rings. The van der Waals surface area contributed by atoms with Gasteiger partial charge in [0.1, 0.15) is 6.10 Å². The number of ether oxygens (including phenoxy) is 1. The zero-order valence-electron chi connectivity index (χ0n) is 16.2. The Morgan fingerprint density at radius 3 is 2.50 bits per heavy atom. The molecule has 2 aliphatic rings. The maximum absolute atomic E-state index is 11.7. The van der Waals surface area contributed by atoms with E-state index in [1.54, 1.807) is 0 Å². The van der Waals surface area contributed by atoms with Gasteiger partial charge in [-0.3, -0.25) is 4.79 Å². The van der Waals surface area contributed by atoms with Gasteiger partial charge < -0.3 is 4.74 Å². The number of hydrogen-bond donors (Lipinski definition) is 0. The normalized spacial score (nSPS) is 38.8. The standard InChI is InChI=1S/C22H34O2/c1-15(2)19-14-21(24-18(5)23)22(6)13-12-17(4)9-7-8-16(3)10-11-20(19)22/h8,12,19-21H,1,7,9-11,13-14H2,2-6H3/b16-8-,17-12-/t19-,20+,21+,22-/m1/s1. The van der Waals surface area contributed by atoms with Gasteiger partial charge in [-0.15, -0.1) is 0 Å². The lowest BCUT2D eigenvalue weighted by Crippen LogP contribution is -2.36. The zero-order chi connectivity index (χ0) is 17.9. The first-order valence-electron chi connectivity index (χ1n) is 9.38. The Kier molecular flexibility index (Phi) is 6.11. The molecule has 0 aromatic rings. The number of allylic oxidation sites excluding steroid dienone is 5. The minimum absolute atomic E-state index is 0.00116. The van der Waals surface area contributed by atoms with Crippen molar-refractivity contribution in [1.82, 2.24) is 0 Å². The maximum atomic E-state index is 11.7. The van der Waals surface area contributed by atoms with Gasteiger partial charge in [0, 0.05) is 12.3 Å². The predicted octanol–water partition coefficient (Wildman–Crippen LogP) is 5.99. The van der Waals surface area contributed by atoms with Gasteiger partial charge >= 0.3 is 5.97 Å². The molecule has 24 heavy (non-hydrogen) atoms. The van der Waals surface area contributed by atoms with E-state index in [2.05, 4.69) is 46.4 Å². The molecule has 0 amide bonds. The zero-order valence-corrected chi connectivity index (χ0v) is 16.2. The Morgan fingerprint density at radius 2 is 1.88 bits per heavy atom. The maximum Gasteiger partial charge on any atom is 0.302 e. The van der Waals surface area contributed by atoms with Crippen LogP contribution < -0.4 is 0 Å². The molecular weight excluding hydrogens is 296 g/mol. The van der Waals surface area contributed by atoms with E-state index in [9.17, 15) is 4.79 Å². The Labute approximate surface area is 148 Å². The van der Waals surface area contributed by atoms with Crippen LogP contribution in [0.3, 0.4) is 0 Å². The van der Waals surface area contributed by atoms with Crippen LogP contribution in [0.15, 0.2) is 35.5 Å². The number of hydrogen-bond acceptors (Lipinski definition) is 2. The Hall–Kier alpha value is -1.31. The number of carbonyl (C=O) groups is 1. The summed E-state index contributed by atoms with van der Waals surface area (Å²) in [6.07, 6.45) is 11.2. The van der Waals surface area contributed by atoms with Crippen molar-refractivity contribution in [1.29, 1.82) is 0 Å². The molecule has 0 heterocycles. The number of rotatable bonds is 2. The fraction of sp³-hybridized carbons (Fsp3) is 0.682. The first-order chi connectivity index (χ1) is 11.2. The quantitative estimate of drug-likeness (QED) is 0.459. The highest BCUT2D eigenvalue weighted by Gasteiger charge is 2.52. The van der Waals surface area contributed by atoms with Crippen molar-refractivity contribution in [3.63, 3.8) is 0 Å². The fourth-order valence-corrected chi connectivity index (χ4v) is 4.63. The van der Waals surface area contributed by atoms with Crippen LogP contribution in [0.5, 0.6) is 0 Å². The van der Waals surface area contributed by atoms with Gasteiger partial charge in [-0.1, -0.05) is 42.4 Å². The molecular formula is C22H34O2. The largest absolute Gasteiger partial charge is 0.462 e. The van der Waals surface area contributed by atoms with Crippen molar-refractivity contribution < 1.29 is 9.53 Å². The lowest BCUT2D eigenvalue weighted by Gasteiger charge is -2.37. The van der Waals surface area contributed by atoms with E-state index in [1.165, 1.54) is 23.6 Å². The van der Waals surface area contributed by atoms with Gasteiger partial charge in [0.05, 0.1) is 0 Å². The summed E-state index contributed by atoms with van der Waals surface area (Å²) in [6.45, 7) is 14.7. The monoisotopic (exact) mass is 330 g/mol. The Bertz CT molecular complexity index is 554. The third-order valence-corrected chi connectivity index (χ3v) is 6.25. The van der Waals surface area contributed by atoms with Gasteiger partial charge in [-0.25, -0.2) is 0 Å². The lowest BCUT2D eigenvalue weighted by molar-refractivity contribution is -0.152. The molecule has 0 N–H and O–H groups in total. The van der Waals surface area contributed by atoms with Crippen molar-refractivity contribution >= 4 is 5.97 Å². The minimum Gasteiger partial charge on any atom is -0.462 e. The topological polar surface area (TPSA) is 26.3 Å². The average molecular weight is 331 g/mol. The molecule has 2 heteroatoms. The van der Waals surface area contributed by atoms with Crippen LogP contribution in [0.2, 0.25) is 0 Å². The second kappa shape index (κ2) is 7.72. The van der Waals surface area contributed by atoms with E-state index in [1.807, 2.05) is 0 Å². The molecule has 0 radical (unpaired) electrons.